The third-order valence-corrected chi connectivity index (χ3v) is 5.30. The summed E-state index contributed by atoms with van der Waals surface area (Å²) in [6.07, 6.45) is 1.40. The highest BCUT2D eigenvalue weighted by Crippen LogP contribution is 2.29. The van der Waals surface area contributed by atoms with Crippen LogP contribution in [0.25, 0.3) is 5.69 Å². The molecular weight excluding hydrogens is 369 g/mol. The molecule has 2 aromatic carbocycles. The summed E-state index contributed by atoms with van der Waals surface area (Å²) < 4.78 is 20.7. The van der Waals surface area contributed by atoms with Gasteiger partial charge in [-0.05, 0) is 62.2 Å². The van der Waals surface area contributed by atoms with Crippen molar-refractivity contribution in [1.82, 2.24) is 15.1 Å². The van der Waals surface area contributed by atoms with Crippen LogP contribution in [0, 0.1) is 19.7 Å². The molecule has 4 rings (SSSR count). The molecule has 6 heteroatoms. The van der Waals surface area contributed by atoms with E-state index in [-0.39, 0.29) is 17.8 Å². The van der Waals surface area contributed by atoms with Crippen LogP contribution in [0.1, 0.15) is 35.0 Å². The third kappa shape index (κ3) is 4.01. The number of aryl methyl sites for hydroxylation is 1. The normalized spacial score (nSPS) is 15.1. The van der Waals surface area contributed by atoms with E-state index in [9.17, 15) is 9.18 Å². The van der Waals surface area contributed by atoms with Gasteiger partial charge in [-0.3, -0.25) is 4.79 Å². The predicted molar refractivity (Wildman–Crippen MR) is 109 cm³/mol. The van der Waals surface area contributed by atoms with E-state index in [2.05, 4.69) is 16.5 Å². The minimum absolute atomic E-state index is 0.0368. The van der Waals surface area contributed by atoms with Gasteiger partial charge in [-0.25, -0.2) is 9.07 Å². The number of rotatable bonds is 5. The molecule has 29 heavy (non-hydrogen) atoms. The number of benzene rings is 2. The maximum atomic E-state index is 13.2. The number of carbonyl (C=O) groups is 1. The van der Waals surface area contributed by atoms with Gasteiger partial charge in [0.2, 0.25) is 5.91 Å². The van der Waals surface area contributed by atoms with Crippen molar-refractivity contribution in [2.24, 2.45) is 0 Å². The highest BCUT2D eigenvalue weighted by atomic mass is 19.1. The van der Waals surface area contributed by atoms with Crippen LogP contribution in [0.3, 0.4) is 0 Å². The summed E-state index contributed by atoms with van der Waals surface area (Å²) in [5, 5.41) is 7.54. The molecule has 0 radical (unpaired) electrons. The quantitative estimate of drug-likeness (QED) is 0.717. The molecule has 5 nitrogen and oxygen atoms in total. The van der Waals surface area contributed by atoms with E-state index in [0.717, 1.165) is 45.9 Å². The summed E-state index contributed by atoms with van der Waals surface area (Å²) >= 11 is 0. The smallest absolute Gasteiger partial charge is 0.224 e. The zero-order valence-electron chi connectivity index (χ0n) is 16.8. The van der Waals surface area contributed by atoms with Crippen molar-refractivity contribution in [2.75, 3.05) is 0 Å². The van der Waals surface area contributed by atoms with E-state index in [0.29, 0.717) is 13.0 Å². The summed E-state index contributed by atoms with van der Waals surface area (Å²) in [6.45, 7) is 6.31. The molecule has 0 bridgehead atoms. The molecule has 1 aliphatic heterocycles. The fourth-order valence-corrected chi connectivity index (χ4v) is 3.78. The van der Waals surface area contributed by atoms with Gasteiger partial charge < -0.3 is 10.1 Å². The number of aromatic nitrogens is 2. The molecule has 0 spiro atoms. The number of nitrogens with one attached hydrogen (secondary N) is 1. The summed E-state index contributed by atoms with van der Waals surface area (Å²) in [5.41, 5.74) is 5.68. The monoisotopic (exact) mass is 393 g/mol. The largest absolute Gasteiger partial charge is 0.490 e. The third-order valence-electron chi connectivity index (χ3n) is 5.30. The second kappa shape index (κ2) is 7.70. The molecule has 2 heterocycles. The Bertz CT molecular complexity index is 1060. The molecule has 3 aromatic rings. The Labute approximate surface area is 169 Å². The summed E-state index contributed by atoms with van der Waals surface area (Å²) in [4.78, 5) is 12.5. The number of fused-ring (bicyclic) bond motifs is 1. The number of hydrogen-bond donors (Lipinski definition) is 1. The first kappa shape index (κ1) is 19.2. The average Bonchev–Trinajstić information content (AvgIpc) is 3.19. The first-order chi connectivity index (χ1) is 13.9. The molecule has 1 aromatic heterocycles. The minimum Gasteiger partial charge on any atom is -0.490 e. The van der Waals surface area contributed by atoms with Gasteiger partial charge in [0.15, 0.2) is 0 Å². The lowest BCUT2D eigenvalue weighted by Crippen LogP contribution is -2.25. The molecule has 1 amide bonds. The van der Waals surface area contributed by atoms with Crippen molar-refractivity contribution in [2.45, 2.75) is 46.3 Å². The van der Waals surface area contributed by atoms with Crippen LogP contribution in [-0.2, 0) is 24.2 Å². The van der Waals surface area contributed by atoms with E-state index < -0.39 is 0 Å². The number of hydrogen-bond acceptors (Lipinski definition) is 3. The molecule has 150 valence electrons. The number of carbonyl (C=O) groups excluding carboxylic acids is 1. The van der Waals surface area contributed by atoms with Crippen molar-refractivity contribution >= 4 is 5.91 Å². The maximum absolute atomic E-state index is 13.2. The van der Waals surface area contributed by atoms with Crippen LogP contribution in [0.5, 0.6) is 5.75 Å². The summed E-state index contributed by atoms with van der Waals surface area (Å²) in [5.74, 6) is 0.599. The number of nitrogens with zero attached hydrogens (tertiary/aromatic N) is 2. The van der Waals surface area contributed by atoms with E-state index in [1.54, 1.807) is 16.8 Å². The summed E-state index contributed by atoms with van der Waals surface area (Å²) in [6, 6.07) is 12.2. The number of halogens is 1. The Morgan fingerprint density at radius 1 is 1.24 bits per heavy atom. The van der Waals surface area contributed by atoms with E-state index in [4.69, 9.17) is 4.74 Å². The molecule has 1 N–H and O–H groups in total. The van der Waals surface area contributed by atoms with E-state index in [1.165, 1.54) is 12.1 Å². The SMILES string of the molecule is Cc1nn(-c2ccc(F)cc2)c(C)c1CNC(=O)Cc1ccc2c(c1)CC(C)O2. The van der Waals surface area contributed by atoms with Crippen molar-refractivity contribution in [3.8, 4) is 11.4 Å². The molecule has 1 unspecified atom stereocenters. The van der Waals surface area contributed by atoms with Crippen LogP contribution in [0.4, 0.5) is 4.39 Å². The fourth-order valence-electron chi connectivity index (χ4n) is 3.78. The molecular formula is C23H24FN3O2. The van der Waals surface area contributed by atoms with Gasteiger partial charge in [0.1, 0.15) is 17.7 Å². The first-order valence-corrected chi connectivity index (χ1v) is 9.77. The van der Waals surface area contributed by atoms with E-state index >= 15 is 0 Å². The number of amides is 1. The first-order valence-electron chi connectivity index (χ1n) is 9.77. The van der Waals surface area contributed by atoms with E-state index in [1.807, 2.05) is 32.9 Å². The van der Waals surface area contributed by atoms with Crippen LogP contribution in [-0.4, -0.2) is 21.8 Å². The Morgan fingerprint density at radius 2 is 2.00 bits per heavy atom. The zero-order valence-corrected chi connectivity index (χ0v) is 16.8. The Hall–Kier alpha value is -3.15. The predicted octanol–water partition coefficient (Wildman–Crippen LogP) is 3.81. The standard InChI is InChI=1S/C23H24FN3O2/c1-14-10-18-11-17(4-9-22(18)29-14)12-23(28)25-13-21-15(2)26-27(16(21)3)20-7-5-19(24)6-8-20/h4-9,11,14H,10,12-13H2,1-3H3,(H,25,28). The highest BCUT2D eigenvalue weighted by Gasteiger charge is 2.19. The second-order valence-corrected chi connectivity index (χ2v) is 7.57. The molecule has 0 saturated carbocycles. The van der Waals surface area contributed by atoms with Crippen LogP contribution < -0.4 is 10.1 Å². The minimum atomic E-state index is -0.282. The lowest BCUT2D eigenvalue weighted by atomic mass is 10.0. The molecule has 1 atom stereocenters. The fraction of sp³-hybridized carbons (Fsp3) is 0.304. The van der Waals surface area contributed by atoms with Crippen LogP contribution in [0.15, 0.2) is 42.5 Å². The van der Waals surface area contributed by atoms with Crippen LogP contribution >= 0.6 is 0 Å². The van der Waals surface area contributed by atoms with Gasteiger partial charge in [-0.15, -0.1) is 0 Å². The van der Waals surface area contributed by atoms with Crippen molar-refractivity contribution in [1.29, 1.82) is 0 Å². The Morgan fingerprint density at radius 3 is 2.76 bits per heavy atom. The van der Waals surface area contributed by atoms with Gasteiger partial charge in [-0.1, -0.05) is 12.1 Å². The van der Waals surface area contributed by atoms with Gasteiger partial charge >= 0.3 is 0 Å². The summed E-state index contributed by atoms with van der Waals surface area (Å²) in [7, 11) is 0. The Kier molecular flexibility index (Phi) is 5.09. The number of ether oxygens (including phenoxy) is 1. The second-order valence-electron chi connectivity index (χ2n) is 7.57. The maximum Gasteiger partial charge on any atom is 0.224 e. The van der Waals surface area contributed by atoms with Crippen molar-refractivity contribution in [3.05, 3.63) is 76.4 Å². The van der Waals surface area contributed by atoms with Crippen molar-refractivity contribution < 1.29 is 13.9 Å². The molecule has 1 aliphatic rings. The lowest BCUT2D eigenvalue weighted by Gasteiger charge is -2.08. The Balaban J connectivity index is 1.42. The van der Waals surface area contributed by atoms with Crippen LogP contribution in [0.2, 0.25) is 0 Å². The highest BCUT2D eigenvalue weighted by molar-refractivity contribution is 5.78. The lowest BCUT2D eigenvalue weighted by molar-refractivity contribution is -0.120. The molecule has 0 saturated heterocycles. The average molecular weight is 393 g/mol. The topological polar surface area (TPSA) is 56.2 Å². The van der Waals surface area contributed by atoms with Gasteiger partial charge in [0.05, 0.1) is 17.8 Å². The zero-order chi connectivity index (χ0) is 20.5. The van der Waals surface area contributed by atoms with Crippen molar-refractivity contribution in [3.63, 3.8) is 0 Å². The van der Waals surface area contributed by atoms with Gasteiger partial charge in [0.25, 0.3) is 0 Å². The molecule has 0 aliphatic carbocycles. The van der Waals surface area contributed by atoms with Gasteiger partial charge in [-0.2, -0.15) is 5.10 Å². The molecule has 0 fully saturated rings. The van der Waals surface area contributed by atoms with Gasteiger partial charge in [0, 0.05) is 24.2 Å².